The highest BCUT2D eigenvalue weighted by atomic mass is 35.5. The van der Waals surface area contributed by atoms with Crippen LogP contribution in [-0.4, -0.2) is 80.8 Å². The van der Waals surface area contributed by atoms with Gasteiger partial charge in [0.15, 0.2) is 29.3 Å². The Morgan fingerprint density at radius 3 is 2.23 bits per heavy atom. The number of imidazole rings is 1. The fourth-order valence-corrected chi connectivity index (χ4v) is 6.34. The van der Waals surface area contributed by atoms with E-state index in [1.165, 1.54) is 15.9 Å². The van der Waals surface area contributed by atoms with E-state index in [0.29, 0.717) is 36.0 Å². The minimum atomic E-state index is -1.29. The summed E-state index contributed by atoms with van der Waals surface area (Å²) in [4.78, 5) is 15.8. The highest BCUT2D eigenvalue weighted by molar-refractivity contribution is 5.86. The lowest BCUT2D eigenvalue weighted by atomic mass is 9.91. The van der Waals surface area contributed by atoms with Crippen molar-refractivity contribution in [2.24, 2.45) is 5.73 Å². The molecule has 3 aromatic heterocycles. The maximum absolute atomic E-state index is 11.1. The number of hydrogen-bond acceptors (Lipinski definition) is 12. The molecule has 48 heavy (non-hydrogen) atoms. The van der Waals surface area contributed by atoms with Gasteiger partial charge in [-0.2, -0.15) is 14.8 Å². The van der Waals surface area contributed by atoms with Gasteiger partial charge in [-0.05, 0) is 48.9 Å². The lowest BCUT2D eigenvalue weighted by Gasteiger charge is -2.27. The van der Waals surface area contributed by atoms with Gasteiger partial charge >= 0.3 is 0 Å². The van der Waals surface area contributed by atoms with Crippen LogP contribution in [0.1, 0.15) is 67.8 Å². The third kappa shape index (κ3) is 7.23. The van der Waals surface area contributed by atoms with E-state index in [1.807, 2.05) is 43.3 Å². The Bertz CT molecular complexity index is 1710. The second-order valence-electron chi connectivity index (χ2n) is 12.0. The highest BCUT2D eigenvalue weighted by Crippen LogP contribution is 2.39. The van der Waals surface area contributed by atoms with Crippen LogP contribution < -0.4 is 16.4 Å². The SMILES string of the molecule is CCn1nnc([C@H]2O[C@@H](n3cnc4c(NCC(c5ccccc5)c5ccccc5)nc(NC5CCC(N)CC5)nc43)[C@H](O)[C@@H]2O)n1.Cl.Cl. The van der Waals surface area contributed by atoms with Gasteiger partial charge < -0.3 is 31.3 Å². The van der Waals surface area contributed by atoms with E-state index in [-0.39, 0.29) is 48.6 Å². The quantitative estimate of drug-likeness (QED) is 0.143. The third-order valence-corrected chi connectivity index (χ3v) is 8.92. The molecule has 1 saturated carbocycles. The van der Waals surface area contributed by atoms with Gasteiger partial charge in [-0.1, -0.05) is 60.7 Å². The lowest BCUT2D eigenvalue weighted by Crippen LogP contribution is -2.33. The number of nitrogens with two attached hydrogens (primary N) is 1. The Labute approximate surface area is 290 Å². The molecule has 7 rings (SSSR count). The summed E-state index contributed by atoms with van der Waals surface area (Å²) >= 11 is 0. The molecule has 1 aliphatic carbocycles. The number of rotatable bonds is 10. The standard InChI is InChI=1S/C32H39N11O3.2ClH/c1-2-43-40-29(39-41-43)27-25(44)26(45)31(46-27)42-18-35-24-28(37-32(38-30(24)42)36-22-15-13-21(33)14-16-22)34-17-23(19-9-5-3-6-10-19)20-11-7-4-8-12-20;;/h3-12,18,21-23,25-27,31,44-45H,2,13-17,33H2,1H3,(H2,34,36,37,38);2*1H/t21?,22?,25-,26+,27-,31+;;/m0../s1. The van der Waals surface area contributed by atoms with E-state index in [1.54, 1.807) is 10.9 Å². The lowest BCUT2D eigenvalue weighted by molar-refractivity contribution is -0.0384. The Morgan fingerprint density at radius 1 is 0.938 bits per heavy atom. The molecular weight excluding hydrogens is 657 g/mol. The smallest absolute Gasteiger partial charge is 0.227 e. The second-order valence-corrected chi connectivity index (χ2v) is 12.0. The van der Waals surface area contributed by atoms with Gasteiger partial charge in [-0.15, -0.1) is 35.0 Å². The number of anilines is 2. The van der Waals surface area contributed by atoms with Crippen molar-refractivity contribution in [3.63, 3.8) is 0 Å². The molecule has 0 amide bonds. The molecule has 1 saturated heterocycles. The summed E-state index contributed by atoms with van der Waals surface area (Å²) in [6.07, 6.45) is 0.697. The average Bonchev–Trinajstić information content (AvgIpc) is 3.81. The van der Waals surface area contributed by atoms with Crippen LogP contribution in [0.2, 0.25) is 0 Å². The predicted octanol–water partition coefficient (Wildman–Crippen LogP) is 3.59. The molecule has 0 unspecified atom stereocenters. The molecule has 4 heterocycles. The van der Waals surface area contributed by atoms with Crippen molar-refractivity contribution in [2.45, 2.75) is 81.7 Å². The zero-order chi connectivity index (χ0) is 31.6. The number of hydrogen-bond donors (Lipinski definition) is 5. The first-order chi connectivity index (χ1) is 22.5. The minimum Gasteiger partial charge on any atom is -0.387 e. The Hall–Kier alpha value is -3.92. The number of aromatic nitrogens is 8. The van der Waals surface area contributed by atoms with Crippen molar-refractivity contribution in [1.82, 2.24) is 39.7 Å². The maximum atomic E-state index is 11.1. The molecule has 14 nitrogen and oxygen atoms in total. The van der Waals surface area contributed by atoms with Gasteiger partial charge in [0.25, 0.3) is 0 Å². The van der Waals surface area contributed by atoms with Crippen molar-refractivity contribution < 1.29 is 14.9 Å². The summed E-state index contributed by atoms with van der Waals surface area (Å²) in [5.74, 6) is 1.23. The van der Waals surface area contributed by atoms with Gasteiger partial charge in [0.2, 0.25) is 11.8 Å². The zero-order valence-electron chi connectivity index (χ0n) is 26.4. The van der Waals surface area contributed by atoms with Crippen LogP contribution in [0.3, 0.4) is 0 Å². The van der Waals surface area contributed by atoms with Gasteiger partial charge in [0.1, 0.15) is 12.2 Å². The molecular formula is C32H41Cl2N11O3. The Kier molecular flexibility index (Phi) is 11.5. The van der Waals surface area contributed by atoms with Gasteiger partial charge in [0, 0.05) is 24.5 Å². The number of fused-ring (bicyclic) bond motifs is 1. The molecule has 2 aromatic carbocycles. The number of halogens is 2. The van der Waals surface area contributed by atoms with Crippen LogP contribution in [0, 0.1) is 0 Å². The summed E-state index contributed by atoms with van der Waals surface area (Å²) in [7, 11) is 0. The van der Waals surface area contributed by atoms with E-state index < -0.39 is 24.5 Å². The highest BCUT2D eigenvalue weighted by Gasteiger charge is 2.47. The molecule has 2 fully saturated rings. The molecule has 0 bridgehead atoms. The van der Waals surface area contributed by atoms with E-state index in [4.69, 9.17) is 20.4 Å². The summed E-state index contributed by atoms with van der Waals surface area (Å²) in [5.41, 5.74) is 9.47. The number of aryl methyl sites for hydroxylation is 1. The first-order valence-electron chi connectivity index (χ1n) is 15.9. The number of nitrogens with zero attached hydrogens (tertiary/aromatic N) is 8. The monoisotopic (exact) mass is 697 g/mol. The summed E-state index contributed by atoms with van der Waals surface area (Å²) in [5, 5.41) is 41.5. The van der Waals surface area contributed by atoms with E-state index in [9.17, 15) is 10.2 Å². The van der Waals surface area contributed by atoms with Gasteiger partial charge in [-0.3, -0.25) is 4.57 Å². The van der Waals surface area contributed by atoms with Gasteiger partial charge in [0.05, 0.1) is 12.9 Å². The molecule has 6 N–H and O–H groups in total. The van der Waals surface area contributed by atoms with E-state index in [2.05, 4.69) is 55.3 Å². The van der Waals surface area contributed by atoms with Crippen molar-refractivity contribution in [3.8, 4) is 0 Å². The molecule has 0 radical (unpaired) electrons. The number of benzene rings is 2. The first kappa shape index (κ1) is 35.4. The molecule has 1 aliphatic heterocycles. The largest absolute Gasteiger partial charge is 0.387 e. The maximum Gasteiger partial charge on any atom is 0.227 e. The molecule has 2 aliphatic rings. The number of ether oxygens (including phenoxy) is 1. The van der Waals surface area contributed by atoms with Crippen molar-refractivity contribution >= 4 is 47.7 Å². The summed E-state index contributed by atoms with van der Waals surface area (Å²) in [6.45, 7) is 2.94. The fraction of sp³-hybridized carbons (Fsp3) is 0.438. The second kappa shape index (κ2) is 15.5. The van der Waals surface area contributed by atoms with E-state index in [0.717, 1.165) is 25.7 Å². The number of nitrogens with one attached hydrogen (secondary N) is 2. The number of tetrazole rings is 1. The molecule has 256 valence electrons. The Balaban J connectivity index is 0.00000225. The van der Waals surface area contributed by atoms with Gasteiger partial charge in [-0.25, -0.2) is 4.98 Å². The molecule has 5 aromatic rings. The average molecular weight is 699 g/mol. The normalized spacial score (nSPS) is 23.9. The van der Waals surface area contributed by atoms with Crippen LogP contribution in [0.25, 0.3) is 11.2 Å². The van der Waals surface area contributed by atoms with Crippen LogP contribution in [0.5, 0.6) is 0 Å². The van der Waals surface area contributed by atoms with E-state index >= 15 is 0 Å². The van der Waals surface area contributed by atoms with Crippen molar-refractivity contribution in [3.05, 3.63) is 83.9 Å². The van der Waals surface area contributed by atoms with Crippen LogP contribution >= 0.6 is 24.8 Å². The zero-order valence-corrected chi connectivity index (χ0v) is 28.0. The number of aliphatic hydroxyl groups excluding tert-OH is 2. The first-order valence-corrected chi connectivity index (χ1v) is 15.9. The van der Waals surface area contributed by atoms with Crippen molar-refractivity contribution in [1.29, 1.82) is 0 Å². The van der Waals surface area contributed by atoms with Crippen LogP contribution in [0.15, 0.2) is 67.0 Å². The predicted molar refractivity (Wildman–Crippen MR) is 185 cm³/mol. The topological polar surface area (TPSA) is 187 Å². The fourth-order valence-electron chi connectivity index (χ4n) is 6.34. The molecule has 0 spiro atoms. The molecule has 16 heteroatoms. The minimum absolute atomic E-state index is 0. The van der Waals surface area contributed by atoms with Crippen LogP contribution in [0.4, 0.5) is 11.8 Å². The third-order valence-electron chi connectivity index (χ3n) is 8.92. The summed E-state index contributed by atoms with van der Waals surface area (Å²) < 4.78 is 7.80. The van der Waals surface area contributed by atoms with Crippen molar-refractivity contribution in [2.75, 3.05) is 17.2 Å². The summed E-state index contributed by atoms with van der Waals surface area (Å²) in [6, 6.07) is 21.1. The molecule has 4 atom stereocenters. The number of aliphatic hydroxyl groups is 2. The van der Waals surface area contributed by atoms with Crippen LogP contribution in [-0.2, 0) is 11.3 Å². The Morgan fingerprint density at radius 2 is 1.60 bits per heavy atom.